The molecule has 1 aliphatic heterocycles. The van der Waals surface area contributed by atoms with Gasteiger partial charge in [-0.1, -0.05) is 41.9 Å². The summed E-state index contributed by atoms with van der Waals surface area (Å²) >= 11 is 6.14. The van der Waals surface area contributed by atoms with Crippen LogP contribution < -0.4 is 10.6 Å². The molecular formula is C17H17ClN2O. The molecule has 0 bridgehead atoms. The van der Waals surface area contributed by atoms with Crippen molar-refractivity contribution in [2.75, 3.05) is 18.9 Å². The molecule has 2 aromatic rings. The van der Waals surface area contributed by atoms with Crippen LogP contribution >= 0.6 is 11.6 Å². The number of hydrogen-bond donors (Lipinski definition) is 2. The van der Waals surface area contributed by atoms with Crippen LogP contribution in [0.5, 0.6) is 0 Å². The summed E-state index contributed by atoms with van der Waals surface area (Å²) in [5.41, 5.74) is 3.20. The van der Waals surface area contributed by atoms with Gasteiger partial charge in [-0.25, -0.2) is 0 Å². The molecule has 21 heavy (non-hydrogen) atoms. The first-order valence-electron chi connectivity index (χ1n) is 6.99. The topological polar surface area (TPSA) is 41.1 Å². The number of rotatable bonds is 4. The Kier molecular flexibility index (Phi) is 3.95. The van der Waals surface area contributed by atoms with Gasteiger partial charge in [-0.3, -0.25) is 4.79 Å². The Morgan fingerprint density at radius 3 is 2.71 bits per heavy atom. The van der Waals surface area contributed by atoms with Crippen molar-refractivity contribution in [2.24, 2.45) is 0 Å². The van der Waals surface area contributed by atoms with E-state index >= 15 is 0 Å². The predicted octanol–water partition coefficient (Wildman–Crippen LogP) is 3.05. The van der Waals surface area contributed by atoms with Crippen molar-refractivity contribution < 1.29 is 4.79 Å². The standard InChI is InChI=1S/C17H17ClN2O/c1-19-10-15(21)17-16(11-5-3-2-4-6-11)13-9-12(18)7-8-14(13)20-17/h2-9,16-17,19-20H,10H2,1H3. The SMILES string of the molecule is CNCC(=O)C1Nc2ccc(Cl)cc2C1c1ccccc1. The van der Waals surface area contributed by atoms with Crippen molar-refractivity contribution in [3.8, 4) is 0 Å². The van der Waals surface area contributed by atoms with Crippen molar-refractivity contribution >= 4 is 23.1 Å². The third kappa shape index (κ3) is 2.67. The number of halogens is 1. The molecule has 0 saturated heterocycles. The lowest BCUT2D eigenvalue weighted by Gasteiger charge is -2.20. The van der Waals surface area contributed by atoms with Gasteiger partial charge in [0.2, 0.25) is 0 Å². The van der Waals surface area contributed by atoms with E-state index in [1.807, 2.05) is 36.4 Å². The molecular weight excluding hydrogens is 284 g/mol. The van der Waals surface area contributed by atoms with Crippen LogP contribution in [0, 0.1) is 0 Å². The van der Waals surface area contributed by atoms with E-state index in [4.69, 9.17) is 11.6 Å². The summed E-state index contributed by atoms with van der Waals surface area (Å²) in [7, 11) is 1.79. The first-order valence-corrected chi connectivity index (χ1v) is 7.36. The number of ketones is 1. The number of likely N-dealkylation sites (N-methyl/N-ethyl adjacent to an activating group) is 1. The lowest BCUT2D eigenvalue weighted by atomic mass is 9.86. The minimum absolute atomic E-state index is 0.000694. The number of anilines is 1. The van der Waals surface area contributed by atoms with Crippen molar-refractivity contribution in [1.82, 2.24) is 5.32 Å². The summed E-state index contributed by atoms with van der Waals surface area (Å²) in [6, 6.07) is 15.6. The van der Waals surface area contributed by atoms with Gasteiger partial charge in [-0.15, -0.1) is 0 Å². The number of hydrogen-bond acceptors (Lipinski definition) is 3. The maximum Gasteiger partial charge on any atom is 0.169 e. The molecule has 0 radical (unpaired) electrons. The number of fused-ring (bicyclic) bond motifs is 1. The molecule has 3 rings (SSSR count). The van der Waals surface area contributed by atoms with Crippen LogP contribution in [0.1, 0.15) is 17.0 Å². The summed E-state index contributed by atoms with van der Waals surface area (Å²) in [4.78, 5) is 12.4. The molecule has 3 nitrogen and oxygen atoms in total. The number of carbonyl (C=O) groups is 1. The second kappa shape index (κ2) is 5.88. The summed E-state index contributed by atoms with van der Waals surface area (Å²) in [5.74, 6) is 0.152. The quantitative estimate of drug-likeness (QED) is 0.912. The average molecular weight is 301 g/mol. The minimum atomic E-state index is -0.256. The second-order valence-corrected chi connectivity index (χ2v) is 5.68. The zero-order chi connectivity index (χ0) is 14.8. The number of carbonyl (C=O) groups excluding carboxylic acids is 1. The normalized spacial score (nSPS) is 19.9. The van der Waals surface area contributed by atoms with E-state index in [2.05, 4.69) is 22.8 Å². The summed E-state index contributed by atoms with van der Waals surface area (Å²) < 4.78 is 0. The zero-order valence-corrected chi connectivity index (χ0v) is 12.5. The highest BCUT2D eigenvalue weighted by Gasteiger charge is 2.37. The Hall–Kier alpha value is -1.84. The lowest BCUT2D eigenvalue weighted by Crippen LogP contribution is -2.37. The Bertz CT molecular complexity index is 657. The van der Waals surface area contributed by atoms with Gasteiger partial charge in [-0.2, -0.15) is 0 Å². The Morgan fingerprint density at radius 2 is 2.00 bits per heavy atom. The van der Waals surface area contributed by atoms with E-state index in [0.29, 0.717) is 11.6 Å². The van der Waals surface area contributed by atoms with Gasteiger partial charge in [0.25, 0.3) is 0 Å². The first kappa shape index (κ1) is 14.1. The monoisotopic (exact) mass is 300 g/mol. The van der Waals surface area contributed by atoms with Gasteiger partial charge in [0.15, 0.2) is 5.78 Å². The van der Waals surface area contributed by atoms with E-state index < -0.39 is 0 Å². The molecule has 0 aromatic heterocycles. The molecule has 1 heterocycles. The van der Waals surface area contributed by atoms with Crippen LogP contribution in [0.15, 0.2) is 48.5 Å². The Morgan fingerprint density at radius 1 is 1.24 bits per heavy atom. The molecule has 108 valence electrons. The van der Waals surface area contributed by atoms with Crippen molar-refractivity contribution in [2.45, 2.75) is 12.0 Å². The lowest BCUT2D eigenvalue weighted by molar-refractivity contribution is -0.119. The second-order valence-electron chi connectivity index (χ2n) is 5.24. The maximum absolute atomic E-state index is 12.4. The average Bonchev–Trinajstić information content (AvgIpc) is 2.87. The van der Waals surface area contributed by atoms with Gasteiger partial charge < -0.3 is 10.6 Å². The summed E-state index contributed by atoms with van der Waals surface area (Å²) in [6.45, 7) is 0.350. The number of nitrogens with one attached hydrogen (secondary N) is 2. The molecule has 0 amide bonds. The molecule has 2 unspecified atom stereocenters. The van der Waals surface area contributed by atoms with Gasteiger partial charge in [0.05, 0.1) is 12.6 Å². The van der Waals surface area contributed by atoms with Crippen LogP contribution in [0.4, 0.5) is 5.69 Å². The predicted molar refractivity (Wildman–Crippen MR) is 86.1 cm³/mol. The fourth-order valence-electron chi connectivity index (χ4n) is 2.94. The first-order chi connectivity index (χ1) is 10.2. The molecule has 0 saturated carbocycles. The Balaban J connectivity index is 2.06. The number of Topliss-reactive ketones (excluding diaryl/α,β-unsaturated/α-hetero) is 1. The van der Waals surface area contributed by atoms with Gasteiger partial charge in [0.1, 0.15) is 0 Å². The fourth-order valence-corrected chi connectivity index (χ4v) is 3.12. The van der Waals surface area contributed by atoms with Crippen LogP contribution in [0.3, 0.4) is 0 Å². The van der Waals surface area contributed by atoms with E-state index in [9.17, 15) is 4.79 Å². The van der Waals surface area contributed by atoms with Crippen molar-refractivity contribution in [3.05, 3.63) is 64.7 Å². The summed E-state index contributed by atoms with van der Waals surface area (Å²) in [5, 5.41) is 6.98. The zero-order valence-electron chi connectivity index (χ0n) is 11.8. The van der Waals surface area contributed by atoms with E-state index in [-0.39, 0.29) is 17.7 Å². The Labute approximate surface area is 129 Å². The molecule has 1 aliphatic rings. The molecule has 0 fully saturated rings. The minimum Gasteiger partial charge on any atom is -0.374 e. The molecule has 0 aliphatic carbocycles. The highest BCUT2D eigenvalue weighted by Crippen LogP contribution is 2.41. The van der Waals surface area contributed by atoms with Gasteiger partial charge in [-0.05, 0) is 36.4 Å². The molecule has 0 spiro atoms. The molecule has 4 heteroatoms. The van der Waals surface area contributed by atoms with Crippen LogP contribution in [-0.4, -0.2) is 25.4 Å². The molecule has 2 aromatic carbocycles. The summed E-state index contributed by atoms with van der Waals surface area (Å²) in [6.07, 6.45) is 0. The van der Waals surface area contributed by atoms with Crippen LogP contribution in [0.2, 0.25) is 5.02 Å². The van der Waals surface area contributed by atoms with Gasteiger partial charge >= 0.3 is 0 Å². The molecule has 2 atom stereocenters. The van der Waals surface area contributed by atoms with E-state index in [0.717, 1.165) is 16.8 Å². The molecule has 2 N–H and O–H groups in total. The highest BCUT2D eigenvalue weighted by molar-refractivity contribution is 6.30. The largest absolute Gasteiger partial charge is 0.374 e. The highest BCUT2D eigenvalue weighted by atomic mass is 35.5. The smallest absolute Gasteiger partial charge is 0.169 e. The van der Waals surface area contributed by atoms with Crippen LogP contribution in [0.25, 0.3) is 0 Å². The maximum atomic E-state index is 12.4. The van der Waals surface area contributed by atoms with Crippen molar-refractivity contribution in [3.63, 3.8) is 0 Å². The van der Waals surface area contributed by atoms with E-state index in [1.165, 1.54) is 0 Å². The van der Waals surface area contributed by atoms with Crippen molar-refractivity contribution in [1.29, 1.82) is 0 Å². The fraction of sp³-hybridized carbons (Fsp3) is 0.235. The number of benzene rings is 2. The van der Waals surface area contributed by atoms with E-state index in [1.54, 1.807) is 7.05 Å². The third-order valence-corrected chi connectivity index (χ3v) is 4.08. The third-order valence-electron chi connectivity index (χ3n) is 3.85. The van der Waals surface area contributed by atoms with Gasteiger partial charge in [0, 0.05) is 16.6 Å². The van der Waals surface area contributed by atoms with Crippen LogP contribution in [-0.2, 0) is 4.79 Å².